The molecule has 0 saturated heterocycles. The minimum absolute atomic E-state index is 0.0965. The minimum atomic E-state index is -0.0965. The molecule has 0 aliphatic heterocycles. The molecule has 1 N–H and O–H groups in total. The fraction of sp³-hybridized carbons (Fsp3) is 1.00. The smallest absolute Gasteiger partial charge is 0.0609 e. The molecule has 0 aromatic rings. The van der Waals surface area contributed by atoms with Crippen LogP contribution in [0.3, 0.4) is 0 Å². The van der Waals surface area contributed by atoms with Crippen molar-refractivity contribution in [1.82, 2.24) is 4.90 Å². The van der Waals surface area contributed by atoms with Crippen LogP contribution < -0.4 is 0 Å². The summed E-state index contributed by atoms with van der Waals surface area (Å²) in [5.41, 5.74) is -0.0965. The highest BCUT2D eigenvalue weighted by atomic mass is 32.1. The van der Waals surface area contributed by atoms with Crippen LogP contribution in [0.4, 0.5) is 0 Å². The van der Waals surface area contributed by atoms with Crippen LogP contribution >= 0.6 is 12.6 Å². The molecular formula is C11H25NOS. The molecule has 0 spiro atoms. The zero-order valence-electron chi connectivity index (χ0n) is 9.95. The van der Waals surface area contributed by atoms with Gasteiger partial charge < -0.3 is 5.11 Å². The second kappa shape index (κ2) is 6.70. The zero-order valence-corrected chi connectivity index (χ0v) is 10.8. The van der Waals surface area contributed by atoms with E-state index in [0.29, 0.717) is 0 Å². The van der Waals surface area contributed by atoms with Crippen molar-refractivity contribution in [1.29, 1.82) is 0 Å². The van der Waals surface area contributed by atoms with Gasteiger partial charge in [-0.2, -0.15) is 12.6 Å². The number of likely N-dealkylation sites (N-methyl/N-ethyl adjacent to an activating group) is 1. The van der Waals surface area contributed by atoms with E-state index in [1.54, 1.807) is 0 Å². The van der Waals surface area contributed by atoms with Gasteiger partial charge in [-0.25, -0.2) is 0 Å². The molecule has 0 aliphatic carbocycles. The molecule has 86 valence electrons. The van der Waals surface area contributed by atoms with Crippen molar-refractivity contribution in [3.63, 3.8) is 0 Å². The van der Waals surface area contributed by atoms with E-state index in [0.717, 1.165) is 18.2 Å². The van der Waals surface area contributed by atoms with Gasteiger partial charge in [-0.05, 0) is 52.0 Å². The van der Waals surface area contributed by atoms with Gasteiger partial charge in [-0.15, -0.1) is 0 Å². The number of aliphatic hydroxyl groups excluding tert-OH is 1. The summed E-state index contributed by atoms with van der Waals surface area (Å²) in [6.45, 7) is 7.65. The van der Waals surface area contributed by atoms with Crippen molar-refractivity contribution in [2.45, 2.75) is 39.2 Å². The highest BCUT2D eigenvalue weighted by molar-refractivity contribution is 7.80. The van der Waals surface area contributed by atoms with Gasteiger partial charge in [-0.3, -0.25) is 4.90 Å². The van der Waals surface area contributed by atoms with Crippen molar-refractivity contribution in [2.75, 3.05) is 26.0 Å². The summed E-state index contributed by atoms with van der Waals surface area (Å²) in [5.74, 6) is 1.69. The number of nitrogens with zero attached hydrogens (tertiary/aromatic N) is 1. The molecule has 3 heteroatoms. The predicted molar refractivity (Wildman–Crippen MR) is 66.0 cm³/mol. The highest BCUT2D eigenvalue weighted by Crippen LogP contribution is 2.15. The average Bonchev–Trinajstić information content (AvgIpc) is 2.14. The van der Waals surface area contributed by atoms with Crippen molar-refractivity contribution in [3.05, 3.63) is 0 Å². The van der Waals surface area contributed by atoms with Crippen LogP contribution in [0.1, 0.15) is 33.6 Å². The van der Waals surface area contributed by atoms with E-state index in [1.807, 2.05) is 0 Å². The summed E-state index contributed by atoms with van der Waals surface area (Å²) in [7, 11) is 2.07. The lowest BCUT2D eigenvalue weighted by Crippen LogP contribution is -2.44. The first-order chi connectivity index (χ1) is 6.44. The lowest BCUT2D eigenvalue weighted by atomic mass is 10.0. The Balaban J connectivity index is 3.78. The van der Waals surface area contributed by atoms with E-state index in [9.17, 15) is 5.11 Å². The maximum atomic E-state index is 9.18. The number of aliphatic hydroxyl groups is 1. The monoisotopic (exact) mass is 219 g/mol. The molecular weight excluding hydrogens is 194 g/mol. The Morgan fingerprint density at radius 1 is 1.36 bits per heavy atom. The molecule has 0 aromatic heterocycles. The molecule has 0 saturated carbocycles. The second-order valence-corrected chi connectivity index (χ2v) is 5.25. The SMILES string of the molecule is CC(CCS)CCN(C)C(C)(C)CO. The van der Waals surface area contributed by atoms with Gasteiger partial charge >= 0.3 is 0 Å². The van der Waals surface area contributed by atoms with Crippen LogP contribution in [0.5, 0.6) is 0 Å². The molecule has 14 heavy (non-hydrogen) atoms. The van der Waals surface area contributed by atoms with Crippen LogP contribution in [0.25, 0.3) is 0 Å². The zero-order chi connectivity index (χ0) is 11.2. The minimum Gasteiger partial charge on any atom is -0.394 e. The second-order valence-electron chi connectivity index (χ2n) is 4.80. The quantitative estimate of drug-likeness (QED) is 0.640. The molecule has 0 fully saturated rings. The Labute approximate surface area is 94.1 Å². The lowest BCUT2D eigenvalue weighted by Gasteiger charge is -2.34. The van der Waals surface area contributed by atoms with Crippen molar-refractivity contribution < 1.29 is 5.11 Å². The maximum Gasteiger partial charge on any atom is 0.0609 e. The first kappa shape index (κ1) is 14.3. The topological polar surface area (TPSA) is 23.5 Å². The van der Waals surface area contributed by atoms with Gasteiger partial charge in [0.1, 0.15) is 0 Å². The molecule has 0 rings (SSSR count). The van der Waals surface area contributed by atoms with E-state index in [2.05, 4.69) is 45.3 Å². The summed E-state index contributed by atoms with van der Waals surface area (Å²) in [4.78, 5) is 2.22. The van der Waals surface area contributed by atoms with Gasteiger partial charge in [0.2, 0.25) is 0 Å². The van der Waals surface area contributed by atoms with E-state index >= 15 is 0 Å². The Morgan fingerprint density at radius 3 is 2.36 bits per heavy atom. The molecule has 0 bridgehead atoms. The largest absolute Gasteiger partial charge is 0.394 e. The van der Waals surface area contributed by atoms with Gasteiger partial charge in [0, 0.05) is 5.54 Å². The lowest BCUT2D eigenvalue weighted by molar-refractivity contribution is 0.0749. The number of thiol groups is 1. The van der Waals surface area contributed by atoms with E-state index < -0.39 is 0 Å². The third-order valence-electron chi connectivity index (χ3n) is 3.00. The maximum absolute atomic E-state index is 9.18. The first-order valence-electron chi connectivity index (χ1n) is 5.37. The van der Waals surface area contributed by atoms with Crippen LogP contribution in [-0.2, 0) is 0 Å². The third-order valence-corrected chi connectivity index (χ3v) is 3.26. The normalized spacial score (nSPS) is 14.8. The van der Waals surface area contributed by atoms with Crippen LogP contribution in [-0.4, -0.2) is 41.5 Å². The fourth-order valence-corrected chi connectivity index (χ4v) is 1.64. The Hall–Kier alpha value is 0.270. The van der Waals surface area contributed by atoms with E-state index in [4.69, 9.17) is 0 Å². The summed E-state index contributed by atoms with van der Waals surface area (Å²) in [5, 5.41) is 9.18. The molecule has 0 amide bonds. The number of hydrogen-bond acceptors (Lipinski definition) is 3. The van der Waals surface area contributed by atoms with Crippen LogP contribution in [0, 0.1) is 5.92 Å². The van der Waals surface area contributed by atoms with Crippen LogP contribution in [0.15, 0.2) is 0 Å². The Bertz CT molecular complexity index is 150. The highest BCUT2D eigenvalue weighted by Gasteiger charge is 2.22. The molecule has 0 aromatic carbocycles. The molecule has 1 unspecified atom stereocenters. The molecule has 0 radical (unpaired) electrons. The summed E-state index contributed by atoms with van der Waals surface area (Å²) in [6, 6.07) is 0. The van der Waals surface area contributed by atoms with E-state index in [-0.39, 0.29) is 12.1 Å². The first-order valence-corrected chi connectivity index (χ1v) is 6.00. The predicted octanol–water partition coefficient (Wildman–Crippen LogP) is 2.04. The van der Waals surface area contributed by atoms with Crippen molar-refractivity contribution in [2.24, 2.45) is 5.92 Å². The van der Waals surface area contributed by atoms with Gasteiger partial charge in [-0.1, -0.05) is 6.92 Å². The molecule has 2 nitrogen and oxygen atoms in total. The summed E-state index contributed by atoms with van der Waals surface area (Å²) >= 11 is 4.23. The van der Waals surface area contributed by atoms with Gasteiger partial charge in [0.25, 0.3) is 0 Å². The van der Waals surface area contributed by atoms with Crippen molar-refractivity contribution in [3.8, 4) is 0 Å². The molecule has 1 atom stereocenters. The van der Waals surface area contributed by atoms with Crippen LogP contribution in [0.2, 0.25) is 0 Å². The summed E-state index contributed by atoms with van der Waals surface area (Å²) < 4.78 is 0. The summed E-state index contributed by atoms with van der Waals surface area (Å²) in [6.07, 6.45) is 2.36. The van der Waals surface area contributed by atoms with Gasteiger partial charge in [0.05, 0.1) is 6.61 Å². The molecule has 0 aliphatic rings. The Kier molecular flexibility index (Phi) is 6.83. The van der Waals surface area contributed by atoms with Crippen molar-refractivity contribution >= 4 is 12.6 Å². The standard InChI is InChI=1S/C11H25NOS/c1-10(6-8-14)5-7-12(4)11(2,3)9-13/h10,13-14H,5-9H2,1-4H3. The third kappa shape index (κ3) is 5.23. The van der Waals surface area contributed by atoms with Gasteiger partial charge in [0.15, 0.2) is 0 Å². The number of rotatable bonds is 7. The van der Waals surface area contributed by atoms with E-state index in [1.165, 1.54) is 12.8 Å². The number of hydrogen-bond donors (Lipinski definition) is 2. The average molecular weight is 219 g/mol. The fourth-order valence-electron chi connectivity index (χ4n) is 1.20. The molecule has 0 heterocycles. The Morgan fingerprint density at radius 2 is 1.93 bits per heavy atom.